The van der Waals surface area contributed by atoms with Crippen LogP contribution in [0.2, 0.25) is 0 Å². The van der Waals surface area contributed by atoms with Crippen LogP contribution in [0.5, 0.6) is 0 Å². The van der Waals surface area contributed by atoms with E-state index in [-0.39, 0.29) is 16.9 Å². The van der Waals surface area contributed by atoms with Crippen molar-refractivity contribution in [1.29, 1.82) is 0 Å². The number of carbonyl (C=O) groups excluding carboxylic acids is 1. The second kappa shape index (κ2) is 6.62. The van der Waals surface area contributed by atoms with Gasteiger partial charge in [-0.2, -0.15) is 0 Å². The molecule has 3 rings (SSSR count). The van der Waals surface area contributed by atoms with Crippen molar-refractivity contribution in [2.75, 3.05) is 10.6 Å². The molecule has 23 heavy (non-hydrogen) atoms. The average Bonchev–Trinajstić information content (AvgIpc) is 2.58. The van der Waals surface area contributed by atoms with Crippen LogP contribution in [-0.2, 0) is 0 Å². The van der Waals surface area contributed by atoms with Gasteiger partial charge in [0.05, 0.1) is 0 Å². The first kappa shape index (κ1) is 14.6. The summed E-state index contributed by atoms with van der Waals surface area (Å²) in [5, 5.41) is 5.61. The molecule has 1 aromatic heterocycles. The fraction of sp³-hybridized carbons (Fsp3) is 0. The summed E-state index contributed by atoms with van der Waals surface area (Å²) in [4.78, 5) is 24.2. The van der Waals surface area contributed by atoms with Crippen molar-refractivity contribution in [3.8, 4) is 0 Å². The van der Waals surface area contributed by atoms with E-state index in [1.54, 1.807) is 24.3 Å². The lowest BCUT2D eigenvalue weighted by Gasteiger charge is -2.06. The van der Waals surface area contributed by atoms with Crippen LogP contribution in [0, 0.1) is 0 Å². The predicted molar refractivity (Wildman–Crippen MR) is 89.1 cm³/mol. The molecule has 0 aliphatic carbocycles. The third-order valence-corrected chi connectivity index (χ3v) is 3.14. The minimum Gasteiger partial charge on any atom is -0.457 e. The van der Waals surface area contributed by atoms with Crippen molar-refractivity contribution in [1.82, 2.24) is 0 Å². The molecule has 5 nitrogen and oxygen atoms in total. The number of carbonyl (C=O) groups is 1. The molecule has 2 N–H and O–H groups in total. The topological polar surface area (TPSA) is 71.3 Å². The molecule has 1 heterocycles. The number of rotatable bonds is 4. The van der Waals surface area contributed by atoms with Crippen LogP contribution in [0.15, 0.2) is 82.2 Å². The fourth-order valence-corrected chi connectivity index (χ4v) is 2.01. The van der Waals surface area contributed by atoms with Gasteiger partial charge >= 0.3 is 0 Å². The van der Waals surface area contributed by atoms with Crippen LogP contribution < -0.4 is 16.1 Å². The molecule has 0 atom stereocenters. The van der Waals surface area contributed by atoms with Crippen molar-refractivity contribution < 1.29 is 9.21 Å². The lowest BCUT2D eigenvalue weighted by atomic mass is 10.3. The number of hydrogen-bond acceptors (Lipinski definition) is 4. The maximum Gasteiger partial charge on any atom is 0.291 e. The first-order valence-electron chi connectivity index (χ1n) is 7.04. The minimum atomic E-state index is -0.473. The minimum absolute atomic E-state index is 0.0440. The first-order valence-corrected chi connectivity index (χ1v) is 7.04. The summed E-state index contributed by atoms with van der Waals surface area (Å²) in [6.45, 7) is 0. The molecule has 114 valence electrons. The van der Waals surface area contributed by atoms with Crippen LogP contribution in [0.1, 0.15) is 10.6 Å². The van der Waals surface area contributed by atoms with Crippen LogP contribution in [0.3, 0.4) is 0 Å². The van der Waals surface area contributed by atoms with E-state index in [2.05, 4.69) is 10.6 Å². The van der Waals surface area contributed by atoms with Gasteiger partial charge < -0.3 is 15.1 Å². The molecule has 1 amide bonds. The van der Waals surface area contributed by atoms with Crippen LogP contribution in [-0.4, -0.2) is 5.91 Å². The lowest BCUT2D eigenvalue weighted by molar-refractivity contribution is 0.0994. The summed E-state index contributed by atoms with van der Waals surface area (Å²) in [6, 6.07) is 19.4. The number of anilines is 3. The van der Waals surface area contributed by atoms with E-state index in [0.717, 1.165) is 5.69 Å². The highest BCUT2D eigenvalue weighted by atomic mass is 16.3. The Balaban J connectivity index is 1.76. The highest BCUT2D eigenvalue weighted by molar-refractivity contribution is 6.02. The lowest BCUT2D eigenvalue weighted by Crippen LogP contribution is -2.15. The van der Waals surface area contributed by atoms with Gasteiger partial charge in [-0.05, 0) is 24.3 Å². The van der Waals surface area contributed by atoms with Gasteiger partial charge in [0.1, 0.15) is 12.0 Å². The van der Waals surface area contributed by atoms with Crippen LogP contribution in [0.25, 0.3) is 0 Å². The molecule has 0 aliphatic heterocycles. The maximum absolute atomic E-state index is 12.1. The SMILES string of the molecule is O=C(Nc1ccccc1)c1cc(=O)c(Nc2ccccc2)co1. The number of nitrogens with one attached hydrogen (secondary N) is 2. The second-order valence-electron chi connectivity index (χ2n) is 4.83. The molecule has 0 saturated carbocycles. The summed E-state index contributed by atoms with van der Waals surface area (Å²) in [6.07, 6.45) is 1.25. The van der Waals surface area contributed by atoms with Crippen LogP contribution in [0.4, 0.5) is 17.1 Å². The van der Waals surface area contributed by atoms with Gasteiger partial charge in [-0.3, -0.25) is 9.59 Å². The summed E-state index contributed by atoms with van der Waals surface area (Å²) < 4.78 is 5.27. The largest absolute Gasteiger partial charge is 0.457 e. The molecule has 0 saturated heterocycles. The number of hydrogen-bond donors (Lipinski definition) is 2. The molecule has 0 unspecified atom stereocenters. The number of para-hydroxylation sites is 2. The van der Waals surface area contributed by atoms with E-state index in [1.807, 2.05) is 36.4 Å². The molecular formula is C18H14N2O3. The van der Waals surface area contributed by atoms with E-state index in [0.29, 0.717) is 5.69 Å². The van der Waals surface area contributed by atoms with Crippen molar-refractivity contribution in [2.45, 2.75) is 0 Å². The predicted octanol–water partition coefficient (Wildman–Crippen LogP) is 3.64. The third-order valence-electron chi connectivity index (χ3n) is 3.14. The maximum atomic E-state index is 12.1. The molecule has 0 bridgehead atoms. The normalized spacial score (nSPS) is 10.1. The average molecular weight is 306 g/mol. The standard InChI is InChI=1S/C18H14N2O3/c21-16-11-17(18(22)20-14-9-5-2-6-10-14)23-12-15(16)19-13-7-3-1-4-8-13/h1-12,19H,(H,20,22). The van der Waals surface area contributed by atoms with Crippen molar-refractivity contribution in [3.05, 3.63) is 89.0 Å². The van der Waals surface area contributed by atoms with E-state index >= 15 is 0 Å². The Morgan fingerprint density at radius 2 is 1.48 bits per heavy atom. The van der Waals surface area contributed by atoms with Crippen molar-refractivity contribution in [2.24, 2.45) is 0 Å². The van der Waals surface area contributed by atoms with Crippen LogP contribution >= 0.6 is 0 Å². The molecule has 0 radical (unpaired) electrons. The Kier molecular flexibility index (Phi) is 4.20. The summed E-state index contributed by atoms with van der Waals surface area (Å²) in [5.41, 5.74) is 1.35. The first-order chi connectivity index (χ1) is 11.2. The Labute approximate surface area is 132 Å². The molecule has 0 aliphatic rings. The van der Waals surface area contributed by atoms with Gasteiger partial charge in [-0.1, -0.05) is 36.4 Å². The highest BCUT2D eigenvalue weighted by Gasteiger charge is 2.11. The van der Waals surface area contributed by atoms with Gasteiger partial charge in [0.15, 0.2) is 5.76 Å². The molecule has 3 aromatic rings. The monoisotopic (exact) mass is 306 g/mol. The van der Waals surface area contributed by atoms with Gasteiger partial charge in [-0.15, -0.1) is 0 Å². The summed E-state index contributed by atoms with van der Waals surface area (Å²) in [5.74, 6) is -0.517. The zero-order valence-electron chi connectivity index (χ0n) is 12.2. The quantitative estimate of drug-likeness (QED) is 0.772. The molecular weight excluding hydrogens is 292 g/mol. The Bertz CT molecular complexity index is 858. The zero-order chi connectivity index (χ0) is 16.1. The Morgan fingerprint density at radius 3 is 2.09 bits per heavy atom. The Hall–Kier alpha value is -3.34. The van der Waals surface area contributed by atoms with E-state index in [9.17, 15) is 9.59 Å². The van der Waals surface area contributed by atoms with Crippen molar-refractivity contribution >= 4 is 23.0 Å². The molecule has 5 heteroatoms. The second-order valence-corrected chi connectivity index (χ2v) is 4.83. The number of amides is 1. The molecule has 0 spiro atoms. The zero-order valence-corrected chi connectivity index (χ0v) is 12.2. The highest BCUT2D eigenvalue weighted by Crippen LogP contribution is 2.14. The number of benzene rings is 2. The summed E-state index contributed by atoms with van der Waals surface area (Å²) in [7, 11) is 0. The molecule has 2 aromatic carbocycles. The van der Waals surface area contributed by atoms with E-state index in [1.165, 1.54) is 12.3 Å². The Morgan fingerprint density at radius 1 is 0.870 bits per heavy atom. The van der Waals surface area contributed by atoms with Crippen molar-refractivity contribution in [3.63, 3.8) is 0 Å². The van der Waals surface area contributed by atoms with Gasteiger partial charge in [0.25, 0.3) is 5.91 Å². The third kappa shape index (κ3) is 3.65. The van der Waals surface area contributed by atoms with Gasteiger partial charge in [0, 0.05) is 17.4 Å². The molecule has 0 fully saturated rings. The van der Waals surface area contributed by atoms with Gasteiger partial charge in [-0.25, -0.2) is 0 Å². The van der Waals surface area contributed by atoms with E-state index < -0.39 is 5.91 Å². The smallest absolute Gasteiger partial charge is 0.291 e. The van der Waals surface area contributed by atoms with E-state index in [4.69, 9.17) is 4.42 Å². The van der Waals surface area contributed by atoms with Gasteiger partial charge in [0.2, 0.25) is 5.43 Å². The summed E-state index contributed by atoms with van der Waals surface area (Å²) >= 11 is 0. The fourth-order valence-electron chi connectivity index (χ4n) is 2.01.